The fourth-order valence-electron chi connectivity index (χ4n) is 4.20. The molecule has 0 amide bonds. The van der Waals surface area contributed by atoms with Gasteiger partial charge in [0.1, 0.15) is 18.0 Å². The maximum Gasteiger partial charge on any atom is 0.399 e. The molecule has 28 heavy (non-hydrogen) atoms. The fraction of sp³-hybridized carbons (Fsp3) is 0.125. The van der Waals surface area contributed by atoms with Crippen LogP contribution < -0.4 is 20.8 Å². The highest BCUT2D eigenvalue weighted by Gasteiger charge is 2.31. The number of fused-ring (bicyclic) bond motifs is 3. The molecule has 3 heterocycles. The quantitative estimate of drug-likeness (QED) is 0.401. The Kier molecular flexibility index (Phi) is 3.87. The summed E-state index contributed by atoms with van der Waals surface area (Å²) in [6.45, 7) is 2.28. The Hall–Kier alpha value is -3.27. The zero-order valence-electron chi connectivity index (χ0n) is 16.4. The van der Waals surface area contributed by atoms with Crippen LogP contribution in [-0.4, -0.2) is 18.7 Å². The van der Waals surface area contributed by atoms with Crippen LogP contribution in [0.3, 0.4) is 0 Å². The van der Waals surface area contributed by atoms with Crippen molar-refractivity contribution in [3.63, 3.8) is 0 Å². The van der Waals surface area contributed by atoms with Gasteiger partial charge in [-0.25, -0.2) is 4.57 Å². The van der Waals surface area contributed by atoms with Crippen molar-refractivity contribution in [2.24, 2.45) is 7.05 Å². The van der Waals surface area contributed by atoms with Gasteiger partial charge in [0.15, 0.2) is 11.8 Å². The van der Waals surface area contributed by atoms with Crippen molar-refractivity contribution in [2.45, 2.75) is 6.92 Å². The van der Waals surface area contributed by atoms with Crippen molar-refractivity contribution in [2.75, 3.05) is 7.05 Å². The molecule has 0 fully saturated rings. The molecule has 0 spiro atoms. The van der Waals surface area contributed by atoms with Crippen LogP contribution in [0.15, 0.2) is 71.3 Å². The number of hydrogen-bond acceptors (Lipinski definition) is 2. The maximum absolute atomic E-state index is 6.15. The van der Waals surface area contributed by atoms with Gasteiger partial charge >= 0.3 is 6.85 Å². The van der Waals surface area contributed by atoms with Crippen molar-refractivity contribution in [3.05, 3.63) is 83.1 Å². The van der Waals surface area contributed by atoms with E-state index in [2.05, 4.69) is 97.3 Å². The van der Waals surface area contributed by atoms with Crippen LogP contribution in [0.25, 0.3) is 34.3 Å². The third-order valence-corrected chi connectivity index (χ3v) is 5.64. The van der Waals surface area contributed by atoms with E-state index in [1.807, 2.05) is 12.1 Å². The molecular formula is C24H22BN2O+. The van der Waals surface area contributed by atoms with Crippen molar-refractivity contribution in [1.82, 2.24) is 4.81 Å². The topological polar surface area (TPSA) is 20.3 Å². The first-order valence-corrected chi connectivity index (χ1v) is 9.60. The lowest BCUT2D eigenvalue weighted by Crippen LogP contribution is -2.61. The van der Waals surface area contributed by atoms with Gasteiger partial charge in [-0.3, -0.25) is 0 Å². The SMILES string of the molecule is Cc1c[n+](C)c(B2C=c3oc4ccccc4c3=CN2C)cc1-c1ccccc1. The van der Waals surface area contributed by atoms with E-state index in [1.165, 1.54) is 22.3 Å². The summed E-state index contributed by atoms with van der Waals surface area (Å²) in [5.74, 6) is 2.23. The molecule has 0 bridgehead atoms. The highest BCUT2D eigenvalue weighted by atomic mass is 16.3. The summed E-state index contributed by atoms with van der Waals surface area (Å²) in [5, 5.41) is 2.32. The van der Waals surface area contributed by atoms with Gasteiger partial charge < -0.3 is 9.23 Å². The van der Waals surface area contributed by atoms with Crippen LogP contribution in [0.4, 0.5) is 0 Å². The summed E-state index contributed by atoms with van der Waals surface area (Å²) >= 11 is 0. The number of para-hydroxylation sites is 1. The minimum atomic E-state index is 0.112. The highest BCUT2D eigenvalue weighted by molar-refractivity contribution is 6.82. The number of aromatic nitrogens is 1. The molecule has 2 aromatic heterocycles. The summed E-state index contributed by atoms with van der Waals surface area (Å²) in [6, 6.07) is 21.1. The molecule has 0 N–H and O–H groups in total. The number of benzene rings is 2. The first-order chi connectivity index (χ1) is 13.6. The Morgan fingerprint density at radius 3 is 2.57 bits per heavy atom. The van der Waals surface area contributed by atoms with E-state index >= 15 is 0 Å². The molecule has 1 aliphatic rings. The van der Waals surface area contributed by atoms with Gasteiger partial charge in [0.05, 0.1) is 0 Å². The average Bonchev–Trinajstić information content (AvgIpc) is 3.06. The second-order valence-corrected chi connectivity index (χ2v) is 7.55. The second-order valence-electron chi connectivity index (χ2n) is 7.55. The molecule has 136 valence electrons. The van der Waals surface area contributed by atoms with Crippen LogP contribution in [0.2, 0.25) is 0 Å². The monoisotopic (exact) mass is 365 g/mol. The summed E-state index contributed by atoms with van der Waals surface area (Å²) < 4.78 is 8.37. The zero-order valence-corrected chi connectivity index (χ0v) is 16.4. The Morgan fingerprint density at radius 2 is 1.75 bits per heavy atom. The molecule has 0 aliphatic carbocycles. The Labute approximate surface area is 164 Å². The summed E-state index contributed by atoms with van der Waals surface area (Å²) in [5.41, 5.74) is 6.90. The Bertz CT molecular complexity index is 1310. The van der Waals surface area contributed by atoms with Gasteiger partial charge in [0.2, 0.25) is 0 Å². The Morgan fingerprint density at radius 1 is 1.00 bits per heavy atom. The van der Waals surface area contributed by atoms with E-state index in [9.17, 15) is 0 Å². The third kappa shape index (κ3) is 2.64. The minimum absolute atomic E-state index is 0.112. The van der Waals surface area contributed by atoms with E-state index in [0.717, 1.165) is 21.6 Å². The molecule has 0 radical (unpaired) electrons. The summed E-state index contributed by atoms with van der Waals surface area (Å²) in [4.78, 5) is 2.27. The summed E-state index contributed by atoms with van der Waals surface area (Å²) in [6.07, 6.45) is 4.42. The lowest BCUT2D eigenvalue weighted by atomic mass is 9.55. The number of aryl methyl sites for hydroxylation is 2. The minimum Gasteiger partial charge on any atom is -0.457 e. The largest absolute Gasteiger partial charge is 0.457 e. The zero-order chi connectivity index (χ0) is 19.3. The predicted octanol–water partition coefficient (Wildman–Crippen LogP) is 2.13. The number of hydrogen-bond donors (Lipinski definition) is 0. The van der Waals surface area contributed by atoms with Gasteiger partial charge in [0, 0.05) is 22.2 Å². The maximum atomic E-state index is 6.15. The molecule has 4 aromatic rings. The van der Waals surface area contributed by atoms with E-state index in [-0.39, 0.29) is 6.85 Å². The molecule has 0 saturated heterocycles. The fourth-order valence-corrected chi connectivity index (χ4v) is 4.20. The smallest absolute Gasteiger partial charge is 0.399 e. The molecule has 4 heteroatoms. The van der Waals surface area contributed by atoms with E-state index in [1.54, 1.807) is 0 Å². The van der Waals surface area contributed by atoms with E-state index < -0.39 is 0 Å². The van der Waals surface area contributed by atoms with Crippen LogP contribution >= 0.6 is 0 Å². The number of rotatable bonds is 2. The molecular weight excluding hydrogens is 343 g/mol. The van der Waals surface area contributed by atoms with Gasteiger partial charge in [-0.2, -0.15) is 0 Å². The van der Waals surface area contributed by atoms with Crippen molar-refractivity contribution < 1.29 is 8.98 Å². The van der Waals surface area contributed by atoms with Crippen LogP contribution in [0.1, 0.15) is 5.56 Å². The van der Waals surface area contributed by atoms with Crippen molar-refractivity contribution in [3.8, 4) is 11.1 Å². The number of furan rings is 1. The van der Waals surface area contributed by atoms with E-state index in [4.69, 9.17) is 4.42 Å². The first kappa shape index (κ1) is 16.9. The first-order valence-electron chi connectivity index (χ1n) is 9.60. The standard InChI is InChI=1S/C24H22BN2O/c1-17-15-26(2)24(13-20(17)18-9-5-4-6-10-18)25-14-23-21(16-27(25)3)19-11-7-8-12-22(19)28-23/h4-16H,1-3H3/q+1. The molecule has 1 aliphatic heterocycles. The normalized spacial score (nSPS) is 13.2. The number of nitrogens with zero attached hydrogens (tertiary/aromatic N) is 2. The van der Waals surface area contributed by atoms with Crippen LogP contribution in [-0.2, 0) is 7.05 Å². The van der Waals surface area contributed by atoms with Gasteiger partial charge in [-0.1, -0.05) is 48.5 Å². The molecule has 0 unspecified atom stereocenters. The lowest BCUT2D eigenvalue weighted by Gasteiger charge is -2.21. The highest BCUT2D eigenvalue weighted by Crippen LogP contribution is 2.21. The molecule has 3 nitrogen and oxygen atoms in total. The van der Waals surface area contributed by atoms with Gasteiger partial charge in [0.25, 0.3) is 0 Å². The Balaban J connectivity index is 1.69. The molecule has 5 rings (SSSR count). The molecule has 0 saturated carbocycles. The van der Waals surface area contributed by atoms with Gasteiger partial charge in [-0.15, -0.1) is 0 Å². The average molecular weight is 365 g/mol. The van der Waals surface area contributed by atoms with Crippen molar-refractivity contribution >= 4 is 35.6 Å². The van der Waals surface area contributed by atoms with Crippen LogP contribution in [0, 0.1) is 6.92 Å². The molecule has 2 aromatic carbocycles. The summed E-state index contributed by atoms with van der Waals surface area (Å²) in [7, 11) is 4.25. The third-order valence-electron chi connectivity index (χ3n) is 5.64. The molecule has 0 atom stereocenters. The lowest BCUT2D eigenvalue weighted by molar-refractivity contribution is -0.654. The number of pyridine rings is 1. The van der Waals surface area contributed by atoms with Crippen molar-refractivity contribution in [1.29, 1.82) is 0 Å². The van der Waals surface area contributed by atoms with Crippen LogP contribution in [0.5, 0.6) is 0 Å². The predicted molar refractivity (Wildman–Crippen MR) is 115 cm³/mol. The second kappa shape index (κ2) is 6.41. The van der Waals surface area contributed by atoms with E-state index in [0.29, 0.717) is 0 Å². The van der Waals surface area contributed by atoms with Gasteiger partial charge in [-0.05, 0) is 43.3 Å².